The van der Waals surface area contributed by atoms with Gasteiger partial charge in [-0.25, -0.2) is 0 Å². The van der Waals surface area contributed by atoms with Crippen LogP contribution in [0.15, 0.2) is 54.6 Å². The Balaban J connectivity index is 2.48. The van der Waals surface area contributed by atoms with Crippen LogP contribution in [0.3, 0.4) is 0 Å². The number of hydrogen-bond donors (Lipinski definition) is 1. The quantitative estimate of drug-likeness (QED) is 0.927. The largest absolute Gasteiger partial charge is 0.379 e. The van der Waals surface area contributed by atoms with Gasteiger partial charge in [0.15, 0.2) is 0 Å². The molecule has 3 heteroatoms. The van der Waals surface area contributed by atoms with Crippen molar-refractivity contribution in [3.05, 3.63) is 70.7 Å². The van der Waals surface area contributed by atoms with Crippen LogP contribution >= 0.6 is 11.6 Å². The Kier molecular flexibility index (Phi) is 4.25. The molecule has 0 aromatic heterocycles. The highest BCUT2D eigenvalue weighted by atomic mass is 35.5. The van der Waals surface area contributed by atoms with Crippen LogP contribution in [0.5, 0.6) is 0 Å². The molecule has 0 bridgehead atoms. The molecular weight excluding hydrogens is 258 g/mol. The van der Waals surface area contributed by atoms with Gasteiger partial charge in [-0.3, -0.25) is 0 Å². The first-order chi connectivity index (χ1) is 9.02. The standard InChI is InChI=1S/C16H18ClNO/c1-18(2)12-16(19,13-6-4-3-5-7-13)14-8-10-15(17)11-9-14/h3-11,19H,12H2,1-2H3. The molecule has 100 valence electrons. The molecule has 0 fully saturated rings. The summed E-state index contributed by atoms with van der Waals surface area (Å²) in [5.41, 5.74) is 0.692. The second kappa shape index (κ2) is 5.74. The highest BCUT2D eigenvalue weighted by Crippen LogP contribution is 2.30. The molecule has 2 aromatic carbocycles. The van der Waals surface area contributed by atoms with Crippen LogP contribution in [0.4, 0.5) is 0 Å². The van der Waals surface area contributed by atoms with Gasteiger partial charge in [0.05, 0.1) is 0 Å². The average Bonchev–Trinajstić information content (AvgIpc) is 2.39. The molecule has 0 aliphatic carbocycles. The van der Waals surface area contributed by atoms with Gasteiger partial charge in [0.2, 0.25) is 0 Å². The lowest BCUT2D eigenvalue weighted by Gasteiger charge is -2.32. The SMILES string of the molecule is CN(C)CC(O)(c1ccccc1)c1ccc(Cl)cc1. The van der Waals surface area contributed by atoms with Crippen LogP contribution in [0.25, 0.3) is 0 Å². The normalized spacial score (nSPS) is 14.4. The van der Waals surface area contributed by atoms with Gasteiger partial charge in [0, 0.05) is 11.6 Å². The third-order valence-electron chi connectivity index (χ3n) is 3.12. The molecule has 0 saturated carbocycles. The van der Waals surface area contributed by atoms with Crippen molar-refractivity contribution in [1.29, 1.82) is 0 Å². The molecule has 2 rings (SSSR count). The van der Waals surface area contributed by atoms with Crippen LogP contribution < -0.4 is 0 Å². The van der Waals surface area contributed by atoms with E-state index < -0.39 is 5.60 Å². The van der Waals surface area contributed by atoms with Crippen LogP contribution in [0.2, 0.25) is 5.02 Å². The van der Waals surface area contributed by atoms with Gasteiger partial charge in [0.1, 0.15) is 5.60 Å². The Labute approximate surface area is 119 Å². The van der Waals surface area contributed by atoms with E-state index in [0.717, 1.165) is 11.1 Å². The summed E-state index contributed by atoms with van der Waals surface area (Å²) in [5, 5.41) is 11.8. The van der Waals surface area contributed by atoms with Crippen molar-refractivity contribution < 1.29 is 5.11 Å². The van der Waals surface area contributed by atoms with Gasteiger partial charge < -0.3 is 10.0 Å². The summed E-state index contributed by atoms with van der Waals surface area (Å²) in [5.74, 6) is 0. The first kappa shape index (κ1) is 14.1. The lowest BCUT2D eigenvalue weighted by molar-refractivity contribution is 0.0514. The molecule has 19 heavy (non-hydrogen) atoms. The zero-order chi connectivity index (χ0) is 13.9. The van der Waals surface area contributed by atoms with E-state index in [4.69, 9.17) is 11.6 Å². The van der Waals surface area contributed by atoms with E-state index >= 15 is 0 Å². The second-order valence-electron chi connectivity index (χ2n) is 4.97. The van der Waals surface area contributed by atoms with Crippen molar-refractivity contribution in [2.75, 3.05) is 20.6 Å². The molecule has 1 N–H and O–H groups in total. The molecule has 0 amide bonds. The monoisotopic (exact) mass is 275 g/mol. The number of likely N-dealkylation sites (N-methyl/N-ethyl adjacent to an activating group) is 1. The number of halogens is 1. The molecule has 0 aliphatic rings. The topological polar surface area (TPSA) is 23.5 Å². The van der Waals surface area contributed by atoms with E-state index in [2.05, 4.69) is 0 Å². The van der Waals surface area contributed by atoms with Crippen LogP contribution in [0.1, 0.15) is 11.1 Å². The van der Waals surface area contributed by atoms with Gasteiger partial charge >= 0.3 is 0 Å². The zero-order valence-electron chi connectivity index (χ0n) is 11.2. The van der Waals surface area contributed by atoms with E-state index in [1.165, 1.54) is 0 Å². The van der Waals surface area contributed by atoms with E-state index in [9.17, 15) is 5.11 Å². The lowest BCUT2D eigenvalue weighted by Crippen LogP contribution is -2.38. The van der Waals surface area contributed by atoms with Crippen molar-refractivity contribution in [3.63, 3.8) is 0 Å². The minimum Gasteiger partial charge on any atom is -0.379 e. The molecule has 0 heterocycles. The lowest BCUT2D eigenvalue weighted by atomic mass is 9.86. The molecule has 0 saturated heterocycles. The summed E-state index contributed by atoms with van der Waals surface area (Å²) >= 11 is 5.92. The predicted octanol–water partition coefficient (Wildman–Crippen LogP) is 3.14. The highest BCUT2D eigenvalue weighted by Gasteiger charge is 2.31. The van der Waals surface area contributed by atoms with Gasteiger partial charge in [-0.1, -0.05) is 54.1 Å². The smallest absolute Gasteiger partial charge is 0.127 e. The van der Waals surface area contributed by atoms with Crippen molar-refractivity contribution in [1.82, 2.24) is 4.90 Å². The Morgan fingerprint density at radius 2 is 1.47 bits per heavy atom. The third-order valence-corrected chi connectivity index (χ3v) is 3.37. The number of hydrogen-bond acceptors (Lipinski definition) is 2. The molecule has 1 atom stereocenters. The molecule has 0 spiro atoms. The Bertz CT molecular complexity index is 524. The number of benzene rings is 2. The maximum atomic E-state index is 11.1. The molecule has 1 unspecified atom stereocenters. The Morgan fingerprint density at radius 3 is 2.00 bits per heavy atom. The summed E-state index contributed by atoms with van der Waals surface area (Å²) in [4.78, 5) is 1.97. The fourth-order valence-corrected chi connectivity index (χ4v) is 2.37. The highest BCUT2D eigenvalue weighted by molar-refractivity contribution is 6.30. The van der Waals surface area contributed by atoms with E-state index in [-0.39, 0.29) is 0 Å². The molecule has 0 radical (unpaired) electrons. The minimum absolute atomic E-state index is 0.513. The van der Waals surface area contributed by atoms with Crippen LogP contribution in [0, 0.1) is 0 Å². The van der Waals surface area contributed by atoms with Crippen molar-refractivity contribution in [3.8, 4) is 0 Å². The number of aliphatic hydroxyl groups is 1. The van der Waals surface area contributed by atoms with Gasteiger partial charge in [-0.05, 0) is 37.4 Å². The summed E-state index contributed by atoms with van der Waals surface area (Å²) in [7, 11) is 3.90. The fraction of sp³-hybridized carbons (Fsp3) is 0.250. The fourth-order valence-electron chi connectivity index (χ4n) is 2.25. The predicted molar refractivity (Wildman–Crippen MR) is 79.4 cm³/mol. The first-order valence-corrected chi connectivity index (χ1v) is 6.59. The first-order valence-electron chi connectivity index (χ1n) is 6.21. The van der Waals surface area contributed by atoms with E-state index in [1.807, 2.05) is 61.5 Å². The zero-order valence-corrected chi connectivity index (χ0v) is 11.9. The van der Waals surface area contributed by atoms with E-state index in [1.54, 1.807) is 12.1 Å². The minimum atomic E-state index is -1.03. The van der Waals surface area contributed by atoms with Crippen molar-refractivity contribution in [2.24, 2.45) is 0 Å². The summed E-state index contributed by atoms with van der Waals surface area (Å²) < 4.78 is 0. The van der Waals surface area contributed by atoms with Gasteiger partial charge in [-0.15, -0.1) is 0 Å². The van der Waals surface area contributed by atoms with Gasteiger partial charge in [0.25, 0.3) is 0 Å². The summed E-state index contributed by atoms with van der Waals surface area (Å²) in [6.45, 7) is 0.513. The second-order valence-corrected chi connectivity index (χ2v) is 5.41. The van der Waals surface area contributed by atoms with Crippen LogP contribution in [-0.4, -0.2) is 30.6 Å². The number of rotatable bonds is 4. The summed E-state index contributed by atoms with van der Waals surface area (Å²) in [6.07, 6.45) is 0. The Hall–Kier alpha value is -1.35. The van der Waals surface area contributed by atoms with Crippen molar-refractivity contribution >= 4 is 11.6 Å². The third kappa shape index (κ3) is 3.16. The molecule has 0 aliphatic heterocycles. The maximum absolute atomic E-state index is 11.1. The molecule has 2 nitrogen and oxygen atoms in total. The van der Waals surface area contributed by atoms with Gasteiger partial charge in [-0.2, -0.15) is 0 Å². The van der Waals surface area contributed by atoms with Crippen LogP contribution in [-0.2, 0) is 5.60 Å². The maximum Gasteiger partial charge on any atom is 0.127 e. The summed E-state index contributed by atoms with van der Waals surface area (Å²) in [6, 6.07) is 17.1. The molecule has 2 aromatic rings. The molecular formula is C16H18ClNO. The van der Waals surface area contributed by atoms with E-state index in [0.29, 0.717) is 11.6 Å². The Morgan fingerprint density at radius 1 is 0.947 bits per heavy atom. The average molecular weight is 276 g/mol. The number of nitrogens with zero attached hydrogens (tertiary/aromatic N) is 1. The van der Waals surface area contributed by atoms with Crippen molar-refractivity contribution in [2.45, 2.75) is 5.60 Å².